The van der Waals surface area contributed by atoms with Gasteiger partial charge in [-0.05, 0) is 43.7 Å². The number of benzene rings is 1. The summed E-state index contributed by atoms with van der Waals surface area (Å²) < 4.78 is 58.9. The highest BCUT2D eigenvalue weighted by Crippen LogP contribution is 2.35. The molecule has 0 aliphatic carbocycles. The molecule has 0 spiro atoms. The van der Waals surface area contributed by atoms with Gasteiger partial charge in [0.25, 0.3) is 11.5 Å². The summed E-state index contributed by atoms with van der Waals surface area (Å²) in [5.41, 5.74) is 0.246. The van der Waals surface area contributed by atoms with E-state index >= 15 is 0 Å². The Labute approximate surface area is 196 Å². The van der Waals surface area contributed by atoms with Crippen LogP contribution < -0.4 is 5.56 Å². The SMILES string of the molecule is Cc1cn(-c2ccc3n(c2=O)C[C@@H](C)N(Cc2cn(C)c4c(F)cc(C(F)(F)F)cc24)C3=O)cn1. The highest BCUT2D eigenvalue weighted by molar-refractivity contribution is 5.94. The number of alkyl halides is 3. The monoisotopic (exact) mass is 487 g/mol. The molecule has 5 rings (SSSR count). The highest BCUT2D eigenvalue weighted by Gasteiger charge is 2.34. The standard InChI is InChI=1S/C24H21F4N5O2/c1-13-8-31(12-29-13)19-4-5-20-23(35)32(14(2)9-33(20)22(19)34)11-15-10-30(3)21-17(15)6-16(7-18(21)25)24(26,27)28/h4-8,10,12,14H,9,11H2,1-3H3/t14-/m1/s1. The zero-order valence-electron chi connectivity index (χ0n) is 19.1. The number of fused-ring (bicyclic) bond motifs is 2. The Morgan fingerprint density at radius 1 is 1.14 bits per heavy atom. The lowest BCUT2D eigenvalue weighted by Gasteiger charge is -2.35. The molecule has 182 valence electrons. The summed E-state index contributed by atoms with van der Waals surface area (Å²) in [5.74, 6) is -1.42. The van der Waals surface area contributed by atoms with Crippen molar-refractivity contribution >= 4 is 16.8 Å². The Hall–Kier alpha value is -3.89. The van der Waals surface area contributed by atoms with Gasteiger partial charge in [0.1, 0.15) is 17.2 Å². The molecule has 1 atom stereocenters. The Morgan fingerprint density at radius 3 is 2.54 bits per heavy atom. The molecule has 1 aliphatic rings. The van der Waals surface area contributed by atoms with Crippen molar-refractivity contribution in [2.45, 2.75) is 39.2 Å². The van der Waals surface area contributed by atoms with Gasteiger partial charge in [0.15, 0.2) is 0 Å². The van der Waals surface area contributed by atoms with Crippen LogP contribution in [0, 0.1) is 12.7 Å². The molecule has 4 aromatic rings. The molecule has 0 saturated heterocycles. The summed E-state index contributed by atoms with van der Waals surface area (Å²) in [6, 6.07) is 4.05. The minimum atomic E-state index is -4.71. The van der Waals surface area contributed by atoms with Crippen molar-refractivity contribution in [2.75, 3.05) is 0 Å². The Bertz CT molecular complexity index is 1550. The molecule has 0 radical (unpaired) electrons. The molecule has 7 nitrogen and oxygen atoms in total. The molecular formula is C24H21F4N5O2. The van der Waals surface area contributed by atoms with Crippen LogP contribution in [0.2, 0.25) is 0 Å². The molecule has 4 heterocycles. The van der Waals surface area contributed by atoms with E-state index in [1.54, 1.807) is 36.7 Å². The van der Waals surface area contributed by atoms with Gasteiger partial charge in [-0.2, -0.15) is 13.2 Å². The average Bonchev–Trinajstić information content (AvgIpc) is 3.34. The van der Waals surface area contributed by atoms with Crippen molar-refractivity contribution in [1.82, 2.24) is 23.6 Å². The maximum absolute atomic E-state index is 14.6. The fourth-order valence-electron chi connectivity index (χ4n) is 4.67. The van der Waals surface area contributed by atoms with E-state index in [1.807, 2.05) is 0 Å². The number of hydrogen-bond acceptors (Lipinski definition) is 3. The van der Waals surface area contributed by atoms with Gasteiger partial charge < -0.3 is 18.6 Å². The number of hydrogen-bond donors (Lipinski definition) is 0. The second-order valence-corrected chi connectivity index (χ2v) is 8.84. The third kappa shape index (κ3) is 3.71. The smallest absolute Gasteiger partial charge is 0.348 e. The lowest BCUT2D eigenvalue weighted by Crippen LogP contribution is -2.49. The molecule has 0 bridgehead atoms. The Morgan fingerprint density at radius 2 is 1.89 bits per heavy atom. The molecule has 0 unspecified atom stereocenters. The van der Waals surface area contributed by atoms with Crippen LogP contribution in [0.5, 0.6) is 0 Å². The van der Waals surface area contributed by atoms with Crippen LogP contribution in [0.1, 0.15) is 34.2 Å². The molecule has 35 heavy (non-hydrogen) atoms. The summed E-state index contributed by atoms with van der Waals surface area (Å²) in [6.07, 6.45) is 0.0508. The fourth-order valence-corrected chi connectivity index (χ4v) is 4.67. The lowest BCUT2D eigenvalue weighted by molar-refractivity contribution is -0.137. The van der Waals surface area contributed by atoms with Gasteiger partial charge in [0, 0.05) is 44.0 Å². The van der Waals surface area contributed by atoms with Crippen molar-refractivity contribution in [1.29, 1.82) is 0 Å². The first kappa shape index (κ1) is 22.9. The van der Waals surface area contributed by atoms with Crippen molar-refractivity contribution in [3.8, 4) is 5.69 Å². The maximum Gasteiger partial charge on any atom is 0.416 e. The van der Waals surface area contributed by atoms with Crippen LogP contribution in [0.3, 0.4) is 0 Å². The van der Waals surface area contributed by atoms with Crippen molar-refractivity contribution in [2.24, 2.45) is 7.05 Å². The number of rotatable bonds is 3. The quantitative estimate of drug-likeness (QED) is 0.410. The van der Waals surface area contributed by atoms with E-state index < -0.39 is 29.5 Å². The van der Waals surface area contributed by atoms with Gasteiger partial charge in [-0.3, -0.25) is 9.59 Å². The summed E-state index contributed by atoms with van der Waals surface area (Å²) >= 11 is 0. The normalized spacial score (nSPS) is 16.3. The summed E-state index contributed by atoms with van der Waals surface area (Å²) in [6.45, 7) is 3.73. The van der Waals surface area contributed by atoms with Crippen LogP contribution in [0.25, 0.3) is 16.6 Å². The third-order valence-corrected chi connectivity index (χ3v) is 6.38. The topological polar surface area (TPSA) is 65.1 Å². The van der Waals surface area contributed by atoms with E-state index in [2.05, 4.69) is 4.98 Å². The van der Waals surface area contributed by atoms with Gasteiger partial charge in [-0.15, -0.1) is 0 Å². The summed E-state index contributed by atoms with van der Waals surface area (Å²) in [7, 11) is 1.54. The number of carbonyl (C=O) groups is 1. The van der Waals surface area contributed by atoms with E-state index in [1.165, 1.54) is 33.6 Å². The van der Waals surface area contributed by atoms with E-state index in [9.17, 15) is 27.2 Å². The third-order valence-electron chi connectivity index (χ3n) is 6.38. The Balaban J connectivity index is 1.54. The number of imidazole rings is 1. The predicted molar refractivity (Wildman–Crippen MR) is 120 cm³/mol. The van der Waals surface area contributed by atoms with E-state index in [-0.39, 0.29) is 35.2 Å². The van der Waals surface area contributed by atoms with Crippen LogP contribution in [0.15, 0.2) is 47.8 Å². The lowest BCUT2D eigenvalue weighted by atomic mass is 10.1. The van der Waals surface area contributed by atoms with E-state index in [0.717, 1.165) is 11.8 Å². The van der Waals surface area contributed by atoms with Gasteiger partial charge in [-0.25, -0.2) is 9.37 Å². The van der Waals surface area contributed by atoms with Gasteiger partial charge in [0.2, 0.25) is 0 Å². The molecule has 1 aliphatic heterocycles. The molecule has 0 saturated carbocycles. The minimum absolute atomic E-state index is 0.0296. The first-order valence-electron chi connectivity index (χ1n) is 10.9. The zero-order chi connectivity index (χ0) is 25.2. The summed E-state index contributed by atoms with van der Waals surface area (Å²) in [4.78, 5) is 32.1. The van der Waals surface area contributed by atoms with Gasteiger partial charge in [0.05, 0.1) is 23.1 Å². The van der Waals surface area contributed by atoms with Crippen LogP contribution in [-0.4, -0.2) is 35.5 Å². The van der Waals surface area contributed by atoms with Crippen molar-refractivity contribution < 1.29 is 22.4 Å². The summed E-state index contributed by atoms with van der Waals surface area (Å²) in [5, 5.41) is 0.0913. The number of nitrogens with zero attached hydrogens (tertiary/aromatic N) is 5. The largest absolute Gasteiger partial charge is 0.416 e. The number of amides is 1. The van der Waals surface area contributed by atoms with Crippen LogP contribution in [-0.2, 0) is 26.3 Å². The van der Waals surface area contributed by atoms with Crippen LogP contribution >= 0.6 is 0 Å². The zero-order valence-corrected chi connectivity index (χ0v) is 19.1. The minimum Gasteiger partial charge on any atom is -0.348 e. The maximum atomic E-state index is 14.6. The molecule has 1 amide bonds. The van der Waals surface area contributed by atoms with Crippen molar-refractivity contribution in [3.05, 3.63) is 81.7 Å². The highest BCUT2D eigenvalue weighted by atomic mass is 19.4. The number of aromatic nitrogens is 4. The number of halogens is 4. The van der Waals surface area contributed by atoms with Gasteiger partial charge in [-0.1, -0.05) is 0 Å². The number of carbonyl (C=O) groups excluding carboxylic acids is 1. The fraction of sp³-hybridized carbons (Fsp3) is 0.292. The average molecular weight is 487 g/mol. The second kappa shape index (κ2) is 7.82. The molecule has 0 N–H and O–H groups in total. The van der Waals surface area contributed by atoms with E-state index in [0.29, 0.717) is 17.3 Å². The molecule has 3 aromatic heterocycles. The number of aryl methyl sites for hydroxylation is 2. The van der Waals surface area contributed by atoms with Crippen molar-refractivity contribution in [3.63, 3.8) is 0 Å². The molecule has 11 heteroatoms. The predicted octanol–water partition coefficient (Wildman–Crippen LogP) is 4.04. The first-order chi connectivity index (χ1) is 16.5. The molecule has 0 fully saturated rings. The van der Waals surface area contributed by atoms with E-state index in [4.69, 9.17) is 0 Å². The molecular weight excluding hydrogens is 466 g/mol. The Kier molecular flexibility index (Phi) is 5.11. The van der Waals surface area contributed by atoms with Crippen LogP contribution in [0.4, 0.5) is 17.6 Å². The second-order valence-electron chi connectivity index (χ2n) is 8.84. The first-order valence-corrected chi connectivity index (χ1v) is 10.9. The van der Waals surface area contributed by atoms with Gasteiger partial charge >= 0.3 is 6.18 Å². The number of pyridine rings is 1. The molecule has 1 aromatic carbocycles.